The topological polar surface area (TPSA) is 41.6 Å². The number of para-hydroxylation sites is 1. The summed E-state index contributed by atoms with van der Waals surface area (Å²) in [5.41, 5.74) is 4.08. The average molecular weight is 423 g/mol. The molecule has 0 bridgehead atoms. The maximum atomic E-state index is 14.5. The minimum absolute atomic E-state index is 0.436. The van der Waals surface area contributed by atoms with E-state index in [-0.39, 0.29) is 0 Å². The molecular weight excluding hydrogens is 391 g/mol. The Bertz CT molecular complexity index is 970. The largest absolute Gasteiger partial charge is 0.378 e. The molecule has 0 unspecified atom stereocenters. The first kappa shape index (κ1) is 22.1. The molecule has 3 aromatic carbocycles. The number of benzene rings is 3. The summed E-state index contributed by atoms with van der Waals surface area (Å²) in [7, 11) is 0.708. The third-order valence-electron chi connectivity index (χ3n) is 5.02. The Kier molecular flexibility index (Phi) is 7.36. The summed E-state index contributed by atoms with van der Waals surface area (Å²) < 4.78 is 20.7. The minimum Gasteiger partial charge on any atom is -0.378 e. The smallest absolute Gasteiger partial charge is 0.258 e. The van der Waals surface area contributed by atoms with Crippen LogP contribution in [0.15, 0.2) is 78.9 Å². The van der Waals surface area contributed by atoms with Gasteiger partial charge in [0.25, 0.3) is 7.37 Å². The van der Waals surface area contributed by atoms with Crippen LogP contribution in [0.5, 0.6) is 0 Å². The van der Waals surface area contributed by atoms with Crippen LogP contribution in [0.25, 0.3) is 0 Å². The molecule has 0 aromatic heterocycles. The minimum atomic E-state index is -3.28. The fourth-order valence-electron chi connectivity index (χ4n) is 3.29. The number of anilines is 2. The van der Waals surface area contributed by atoms with Crippen LogP contribution in [-0.2, 0) is 9.09 Å². The van der Waals surface area contributed by atoms with Crippen LogP contribution in [0.1, 0.15) is 30.3 Å². The van der Waals surface area contributed by atoms with Crippen molar-refractivity contribution >= 4 is 24.0 Å². The van der Waals surface area contributed by atoms with E-state index in [2.05, 4.69) is 12.2 Å². The molecule has 0 radical (unpaired) electrons. The molecule has 0 heterocycles. The van der Waals surface area contributed by atoms with Crippen LogP contribution in [0.3, 0.4) is 0 Å². The second-order valence-electron chi connectivity index (χ2n) is 7.66. The summed E-state index contributed by atoms with van der Waals surface area (Å²) >= 11 is 0. The number of nitrogens with one attached hydrogen (secondary N) is 1. The van der Waals surface area contributed by atoms with Crippen molar-refractivity contribution in [2.45, 2.75) is 26.1 Å². The third-order valence-corrected chi connectivity index (χ3v) is 7.71. The van der Waals surface area contributed by atoms with Gasteiger partial charge in [-0.25, -0.2) is 0 Å². The molecule has 5 heteroatoms. The van der Waals surface area contributed by atoms with Crippen molar-refractivity contribution in [3.8, 4) is 0 Å². The van der Waals surface area contributed by atoms with Gasteiger partial charge in [0.2, 0.25) is 0 Å². The predicted octanol–water partition coefficient (Wildman–Crippen LogP) is 6.20. The molecule has 0 spiro atoms. The molecule has 0 aliphatic rings. The zero-order chi connectivity index (χ0) is 21.6. The summed E-state index contributed by atoms with van der Waals surface area (Å²) in [4.78, 5) is 2.03. The summed E-state index contributed by atoms with van der Waals surface area (Å²) in [6.07, 6.45) is 0.797. The van der Waals surface area contributed by atoms with Gasteiger partial charge in [-0.2, -0.15) is 0 Å². The van der Waals surface area contributed by atoms with E-state index in [1.807, 2.05) is 105 Å². The number of aryl methyl sites for hydroxylation is 1. The first-order valence-corrected chi connectivity index (χ1v) is 12.0. The maximum absolute atomic E-state index is 14.5. The van der Waals surface area contributed by atoms with Gasteiger partial charge in [-0.3, -0.25) is 4.57 Å². The fraction of sp³-hybridized carbons (Fsp3) is 0.280. The average Bonchev–Trinajstić information content (AvgIpc) is 2.77. The lowest BCUT2D eigenvalue weighted by atomic mass is 10.1. The summed E-state index contributed by atoms with van der Waals surface area (Å²) in [6.45, 7) is 4.52. The Labute approximate surface area is 180 Å². The van der Waals surface area contributed by atoms with Crippen molar-refractivity contribution in [3.05, 3.63) is 90.0 Å². The quantitative estimate of drug-likeness (QED) is 0.417. The highest BCUT2D eigenvalue weighted by Crippen LogP contribution is 2.59. The van der Waals surface area contributed by atoms with Gasteiger partial charge in [-0.15, -0.1) is 0 Å². The van der Waals surface area contributed by atoms with E-state index in [9.17, 15) is 4.57 Å². The van der Waals surface area contributed by atoms with Crippen molar-refractivity contribution in [3.63, 3.8) is 0 Å². The number of rotatable bonds is 9. The van der Waals surface area contributed by atoms with E-state index >= 15 is 0 Å². The number of hydrogen-bond donors (Lipinski definition) is 1. The standard InChI is InChI=1S/C25H31N2O2P/c1-5-19-29-30(28,24-17-15-23(16-18-24)27(3)4)25(21-13-11-20(2)12-14-21)26-22-9-7-6-8-10-22/h6-18,25-26H,5,19H2,1-4H3/t25-,30-/m0/s1. The Morgan fingerprint density at radius 1 is 0.933 bits per heavy atom. The van der Waals surface area contributed by atoms with Gasteiger partial charge in [-0.1, -0.05) is 55.0 Å². The van der Waals surface area contributed by atoms with Crippen LogP contribution < -0.4 is 15.5 Å². The van der Waals surface area contributed by atoms with Crippen molar-refractivity contribution in [2.24, 2.45) is 0 Å². The molecule has 30 heavy (non-hydrogen) atoms. The van der Waals surface area contributed by atoms with Crippen LogP contribution >= 0.6 is 7.37 Å². The van der Waals surface area contributed by atoms with E-state index in [0.717, 1.165) is 34.2 Å². The highest BCUT2D eigenvalue weighted by molar-refractivity contribution is 7.67. The zero-order valence-electron chi connectivity index (χ0n) is 18.2. The molecule has 1 N–H and O–H groups in total. The first-order chi connectivity index (χ1) is 14.4. The van der Waals surface area contributed by atoms with Gasteiger partial charge in [0.1, 0.15) is 5.78 Å². The Morgan fingerprint density at radius 2 is 1.57 bits per heavy atom. The Balaban J connectivity index is 2.10. The van der Waals surface area contributed by atoms with Gasteiger partial charge in [0, 0.05) is 30.8 Å². The lowest BCUT2D eigenvalue weighted by Gasteiger charge is -2.30. The number of hydrogen-bond acceptors (Lipinski definition) is 4. The molecule has 0 saturated carbocycles. The molecule has 2 atom stereocenters. The van der Waals surface area contributed by atoms with Crippen molar-refractivity contribution < 1.29 is 9.09 Å². The third kappa shape index (κ3) is 5.13. The van der Waals surface area contributed by atoms with E-state index < -0.39 is 13.2 Å². The fourth-order valence-corrected chi connectivity index (χ4v) is 5.79. The molecule has 0 saturated heterocycles. The summed E-state index contributed by atoms with van der Waals surface area (Å²) in [6, 6.07) is 25.9. The molecule has 0 aliphatic heterocycles. The molecule has 0 aliphatic carbocycles. The van der Waals surface area contributed by atoms with Crippen LogP contribution in [0.4, 0.5) is 11.4 Å². The van der Waals surface area contributed by atoms with Crippen molar-refractivity contribution in [2.75, 3.05) is 30.9 Å². The van der Waals surface area contributed by atoms with Gasteiger partial charge in [0.05, 0.1) is 6.61 Å². The van der Waals surface area contributed by atoms with Gasteiger partial charge >= 0.3 is 0 Å². The molecule has 3 aromatic rings. The Hall–Kier alpha value is -2.55. The molecule has 3 rings (SSSR count). The van der Waals surface area contributed by atoms with Crippen LogP contribution in [-0.4, -0.2) is 20.7 Å². The Morgan fingerprint density at radius 3 is 2.13 bits per heavy atom. The molecule has 0 amide bonds. The van der Waals surface area contributed by atoms with E-state index in [1.54, 1.807) is 0 Å². The van der Waals surface area contributed by atoms with E-state index in [4.69, 9.17) is 4.52 Å². The number of nitrogens with zero attached hydrogens (tertiary/aromatic N) is 1. The first-order valence-electron chi connectivity index (χ1n) is 10.3. The van der Waals surface area contributed by atoms with E-state index in [1.165, 1.54) is 0 Å². The maximum Gasteiger partial charge on any atom is 0.258 e. The highest BCUT2D eigenvalue weighted by Gasteiger charge is 2.37. The lowest BCUT2D eigenvalue weighted by molar-refractivity contribution is 0.315. The lowest BCUT2D eigenvalue weighted by Crippen LogP contribution is -2.21. The molecule has 4 nitrogen and oxygen atoms in total. The monoisotopic (exact) mass is 422 g/mol. The van der Waals surface area contributed by atoms with Crippen LogP contribution in [0, 0.1) is 6.92 Å². The van der Waals surface area contributed by atoms with Gasteiger partial charge in [0.15, 0.2) is 0 Å². The molecule has 0 fully saturated rings. The second-order valence-corrected chi connectivity index (χ2v) is 10.1. The van der Waals surface area contributed by atoms with Gasteiger partial charge < -0.3 is 14.7 Å². The summed E-state index contributed by atoms with van der Waals surface area (Å²) in [5.74, 6) is -0.489. The normalized spacial score (nSPS) is 14.0. The SMILES string of the molecule is CCCO[P@@](=O)(c1ccc(N(C)C)cc1)[C@H](Nc1ccccc1)c1ccc(C)cc1. The molecular formula is C25H31N2O2P. The highest BCUT2D eigenvalue weighted by atomic mass is 31.2. The molecule has 158 valence electrons. The zero-order valence-corrected chi connectivity index (χ0v) is 19.1. The van der Waals surface area contributed by atoms with Crippen molar-refractivity contribution in [1.82, 2.24) is 0 Å². The summed E-state index contributed by atoms with van der Waals surface area (Å²) in [5, 5.41) is 4.22. The van der Waals surface area contributed by atoms with Gasteiger partial charge in [-0.05, 0) is 55.3 Å². The van der Waals surface area contributed by atoms with E-state index in [0.29, 0.717) is 6.61 Å². The van der Waals surface area contributed by atoms with Crippen molar-refractivity contribution in [1.29, 1.82) is 0 Å². The second kappa shape index (κ2) is 9.97. The predicted molar refractivity (Wildman–Crippen MR) is 128 cm³/mol. The van der Waals surface area contributed by atoms with Crippen LogP contribution in [0.2, 0.25) is 0 Å².